The SMILES string of the molecule is CS(=O)(=O)/C=C\C(=C/c1cccc2ccccc12)[N+](=O)[O-]. The molecule has 21 heavy (non-hydrogen) atoms. The van der Waals surface area contributed by atoms with Crippen LogP contribution < -0.4 is 0 Å². The monoisotopic (exact) mass is 303 g/mol. The first kappa shape index (κ1) is 14.9. The highest BCUT2D eigenvalue weighted by Gasteiger charge is 2.09. The summed E-state index contributed by atoms with van der Waals surface area (Å²) >= 11 is 0. The van der Waals surface area contributed by atoms with Crippen molar-refractivity contribution in [3.63, 3.8) is 0 Å². The summed E-state index contributed by atoms with van der Waals surface area (Å²) in [7, 11) is -3.41. The molecule has 0 heterocycles. The summed E-state index contributed by atoms with van der Waals surface area (Å²) in [5.74, 6) is 0. The van der Waals surface area contributed by atoms with Gasteiger partial charge in [0.15, 0.2) is 9.84 Å². The van der Waals surface area contributed by atoms with Gasteiger partial charge in [-0.3, -0.25) is 10.1 Å². The largest absolute Gasteiger partial charge is 0.270 e. The summed E-state index contributed by atoms with van der Waals surface area (Å²) in [5, 5.41) is 13.7. The van der Waals surface area contributed by atoms with E-state index in [0.29, 0.717) is 5.56 Å². The molecule has 2 aromatic carbocycles. The third-order valence-corrected chi connectivity index (χ3v) is 3.45. The summed E-state index contributed by atoms with van der Waals surface area (Å²) in [6, 6.07) is 13.0. The lowest BCUT2D eigenvalue weighted by Crippen LogP contribution is -1.97. The fraction of sp³-hybridized carbons (Fsp3) is 0.0667. The maximum Gasteiger partial charge on any atom is 0.270 e. The summed E-state index contributed by atoms with van der Waals surface area (Å²) in [5.41, 5.74) is 0.384. The van der Waals surface area contributed by atoms with E-state index in [2.05, 4.69) is 0 Å². The minimum Gasteiger partial charge on any atom is -0.258 e. The highest BCUT2D eigenvalue weighted by Crippen LogP contribution is 2.21. The molecule has 0 saturated heterocycles. The maximum absolute atomic E-state index is 11.1. The molecule has 108 valence electrons. The molecule has 0 aliphatic carbocycles. The van der Waals surface area contributed by atoms with Crippen LogP contribution in [0.25, 0.3) is 16.8 Å². The van der Waals surface area contributed by atoms with E-state index in [4.69, 9.17) is 0 Å². The molecule has 0 radical (unpaired) electrons. The Morgan fingerprint density at radius 2 is 1.81 bits per heavy atom. The molecule has 0 unspecified atom stereocenters. The van der Waals surface area contributed by atoms with Gasteiger partial charge < -0.3 is 0 Å². The third kappa shape index (κ3) is 4.00. The van der Waals surface area contributed by atoms with Crippen molar-refractivity contribution in [2.45, 2.75) is 0 Å². The maximum atomic E-state index is 11.1. The second-order valence-corrected chi connectivity index (χ2v) is 6.46. The number of hydrogen-bond acceptors (Lipinski definition) is 4. The lowest BCUT2D eigenvalue weighted by molar-refractivity contribution is -0.417. The molecule has 0 N–H and O–H groups in total. The molecule has 2 aromatic rings. The van der Waals surface area contributed by atoms with Gasteiger partial charge in [-0.15, -0.1) is 0 Å². The highest BCUT2D eigenvalue weighted by atomic mass is 32.2. The first-order chi connectivity index (χ1) is 9.87. The zero-order valence-corrected chi connectivity index (χ0v) is 12.1. The van der Waals surface area contributed by atoms with Gasteiger partial charge in [0, 0.05) is 23.8 Å². The van der Waals surface area contributed by atoms with Crippen LogP contribution in [0.5, 0.6) is 0 Å². The molecule has 2 rings (SSSR count). The number of benzene rings is 2. The fourth-order valence-corrected chi connectivity index (χ4v) is 2.28. The zero-order valence-electron chi connectivity index (χ0n) is 11.3. The molecule has 0 fully saturated rings. The van der Waals surface area contributed by atoms with E-state index in [1.165, 1.54) is 6.08 Å². The Labute approximate surface area is 122 Å². The van der Waals surface area contributed by atoms with Crippen LogP contribution in [0.15, 0.2) is 59.6 Å². The molecular formula is C15H13NO4S. The Morgan fingerprint density at radius 1 is 1.14 bits per heavy atom. The van der Waals surface area contributed by atoms with E-state index in [9.17, 15) is 18.5 Å². The Hall–Kier alpha value is -2.47. The Kier molecular flexibility index (Phi) is 4.18. The molecular weight excluding hydrogens is 290 g/mol. The van der Waals surface area contributed by atoms with Crippen molar-refractivity contribution in [3.05, 3.63) is 75.3 Å². The van der Waals surface area contributed by atoms with Crippen molar-refractivity contribution in [1.29, 1.82) is 0 Å². The second kappa shape index (κ2) is 5.88. The van der Waals surface area contributed by atoms with Gasteiger partial charge >= 0.3 is 0 Å². The van der Waals surface area contributed by atoms with Gasteiger partial charge in [0.25, 0.3) is 5.70 Å². The summed E-state index contributed by atoms with van der Waals surface area (Å²) in [6.45, 7) is 0. The van der Waals surface area contributed by atoms with Crippen LogP contribution in [0.2, 0.25) is 0 Å². The van der Waals surface area contributed by atoms with E-state index in [-0.39, 0.29) is 5.70 Å². The van der Waals surface area contributed by atoms with Crippen LogP contribution in [0, 0.1) is 10.1 Å². The number of sulfone groups is 1. The van der Waals surface area contributed by atoms with Crippen molar-refractivity contribution in [2.75, 3.05) is 6.26 Å². The summed E-state index contributed by atoms with van der Waals surface area (Å²) < 4.78 is 22.2. The Bertz CT molecular complexity index is 846. The topological polar surface area (TPSA) is 77.3 Å². The third-order valence-electron chi connectivity index (χ3n) is 2.82. The average Bonchev–Trinajstić information content (AvgIpc) is 2.42. The molecule has 0 aliphatic heterocycles. The van der Waals surface area contributed by atoms with E-state index in [0.717, 1.165) is 28.5 Å². The van der Waals surface area contributed by atoms with Crippen LogP contribution in [0.1, 0.15) is 5.56 Å². The van der Waals surface area contributed by atoms with Crippen LogP contribution >= 0.6 is 0 Å². The van der Waals surface area contributed by atoms with Crippen LogP contribution in [0.3, 0.4) is 0 Å². The summed E-state index contributed by atoms with van der Waals surface area (Å²) in [6.07, 6.45) is 3.35. The van der Waals surface area contributed by atoms with Gasteiger partial charge in [0.2, 0.25) is 0 Å². The number of rotatable bonds is 4. The van der Waals surface area contributed by atoms with Crippen molar-refractivity contribution < 1.29 is 13.3 Å². The number of allylic oxidation sites excluding steroid dienone is 1. The Morgan fingerprint density at radius 3 is 2.48 bits per heavy atom. The van der Waals surface area contributed by atoms with Gasteiger partial charge in [0.05, 0.1) is 4.92 Å². The fourth-order valence-electron chi connectivity index (χ4n) is 1.89. The van der Waals surface area contributed by atoms with Gasteiger partial charge in [0.1, 0.15) is 0 Å². The van der Waals surface area contributed by atoms with Crippen LogP contribution in [-0.4, -0.2) is 19.6 Å². The zero-order chi connectivity index (χ0) is 15.5. The normalized spacial score (nSPS) is 12.9. The van der Waals surface area contributed by atoms with E-state index in [1.807, 2.05) is 30.3 Å². The van der Waals surface area contributed by atoms with Gasteiger partial charge in [-0.05, 0) is 16.3 Å². The molecule has 0 aliphatic rings. The predicted octanol–water partition coefficient (Wildman–Crippen LogP) is 3.02. The molecule has 6 heteroatoms. The van der Waals surface area contributed by atoms with E-state index in [1.54, 1.807) is 12.1 Å². The standard InChI is InChI=1S/C15H13NO4S/c1-21(19,20)10-9-14(16(17)18)11-13-7-4-6-12-5-2-3-8-15(12)13/h2-11H,1H3/b10-9-,14-11+. The molecule has 0 saturated carbocycles. The first-order valence-corrected chi connectivity index (χ1v) is 8.04. The lowest BCUT2D eigenvalue weighted by Gasteiger charge is -2.01. The van der Waals surface area contributed by atoms with Crippen molar-refractivity contribution in [2.24, 2.45) is 0 Å². The second-order valence-electron chi connectivity index (χ2n) is 4.53. The van der Waals surface area contributed by atoms with Crippen molar-refractivity contribution in [3.8, 4) is 0 Å². The van der Waals surface area contributed by atoms with E-state index >= 15 is 0 Å². The molecule has 0 amide bonds. The number of hydrogen-bond donors (Lipinski definition) is 0. The summed E-state index contributed by atoms with van der Waals surface area (Å²) in [4.78, 5) is 10.4. The van der Waals surface area contributed by atoms with Crippen molar-refractivity contribution >= 4 is 26.7 Å². The van der Waals surface area contributed by atoms with Crippen molar-refractivity contribution in [1.82, 2.24) is 0 Å². The van der Waals surface area contributed by atoms with Gasteiger partial charge in [-0.25, -0.2) is 8.42 Å². The quantitative estimate of drug-likeness (QED) is 0.494. The van der Waals surface area contributed by atoms with E-state index < -0.39 is 14.8 Å². The van der Waals surface area contributed by atoms with Crippen LogP contribution in [0.4, 0.5) is 0 Å². The smallest absolute Gasteiger partial charge is 0.258 e. The predicted molar refractivity (Wildman–Crippen MR) is 82.9 cm³/mol. The molecule has 0 atom stereocenters. The van der Waals surface area contributed by atoms with Crippen LogP contribution in [-0.2, 0) is 9.84 Å². The number of nitrogens with zero attached hydrogens (tertiary/aromatic N) is 1. The average molecular weight is 303 g/mol. The molecule has 0 spiro atoms. The number of fused-ring (bicyclic) bond motifs is 1. The highest BCUT2D eigenvalue weighted by molar-refractivity contribution is 7.93. The van der Waals surface area contributed by atoms with Gasteiger partial charge in [-0.2, -0.15) is 0 Å². The Balaban J connectivity index is 2.56. The minimum atomic E-state index is -3.41. The van der Waals surface area contributed by atoms with Gasteiger partial charge in [-0.1, -0.05) is 42.5 Å². The number of nitro groups is 1. The first-order valence-electron chi connectivity index (χ1n) is 6.09. The molecule has 5 nitrogen and oxygen atoms in total. The molecule has 0 aromatic heterocycles. The molecule has 0 bridgehead atoms. The minimum absolute atomic E-state index is 0.281. The lowest BCUT2D eigenvalue weighted by atomic mass is 10.0.